The second-order valence-corrected chi connectivity index (χ2v) is 3.54. The lowest BCUT2D eigenvalue weighted by atomic mass is 10.2. The van der Waals surface area contributed by atoms with Crippen molar-refractivity contribution in [1.29, 1.82) is 0 Å². The summed E-state index contributed by atoms with van der Waals surface area (Å²) in [5.74, 6) is -1.13. The Labute approximate surface area is 87.8 Å². The molecular formula is C7H6BrClN2O2. The number of rotatable bonds is 2. The molecule has 0 aliphatic rings. The van der Waals surface area contributed by atoms with Crippen LogP contribution >= 0.6 is 27.5 Å². The Morgan fingerprint density at radius 1 is 1.69 bits per heavy atom. The SMILES string of the molecule is NC(C(=O)O)c1ccc(Br)c(Cl)n1. The molecule has 0 aliphatic carbocycles. The molecule has 1 heterocycles. The van der Waals surface area contributed by atoms with Crippen molar-refractivity contribution in [3.63, 3.8) is 0 Å². The lowest BCUT2D eigenvalue weighted by Gasteiger charge is -2.05. The van der Waals surface area contributed by atoms with Gasteiger partial charge in [0.15, 0.2) is 0 Å². The van der Waals surface area contributed by atoms with Crippen LogP contribution in [0, 0.1) is 0 Å². The average Bonchev–Trinajstić information content (AvgIpc) is 2.08. The largest absolute Gasteiger partial charge is 0.480 e. The van der Waals surface area contributed by atoms with E-state index in [1.165, 1.54) is 6.07 Å². The third kappa shape index (κ3) is 2.40. The first-order valence-electron chi connectivity index (χ1n) is 3.32. The highest BCUT2D eigenvalue weighted by atomic mass is 79.9. The molecule has 0 amide bonds. The van der Waals surface area contributed by atoms with Gasteiger partial charge < -0.3 is 10.8 Å². The third-order valence-electron chi connectivity index (χ3n) is 1.41. The number of carboxylic acids is 1. The van der Waals surface area contributed by atoms with Crippen molar-refractivity contribution in [2.45, 2.75) is 6.04 Å². The van der Waals surface area contributed by atoms with Gasteiger partial charge in [0.05, 0.1) is 10.2 Å². The van der Waals surface area contributed by atoms with Crippen LogP contribution in [0.25, 0.3) is 0 Å². The van der Waals surface area contributed by atoms with E-state index in [1.54, 1.807) is 6.07 Å². The van der Waals surface area contributed by atoms with Gasteiger partial charge in [-0.05, 0) is 28.1 Å². The van der Waals surface area contributed by atoms with E-state index in [-0.39, 0.29) is 10.8 Å². The minimum absolute atomic E-state index is 0.203. The van der Waals surface area contributed by atoms with Crippen molar-refractivity contribution in [1.82, 2.24) is 4.98 Å². The van der Waals surface area contributed by atoms with Gasteiger partial charge in [-0.15, -0.1) is 0 Å². The summed E-state index contributed by atoms with van der Waals surface area (Å²) in [4.78, 5) is 14.3. The quantitative estimate of drug-likeness (QED) is 0.796. The van der Waals surface area contributed by atoms with Gasteiger partial charge in [0.1, 0.15) is 11.2 Å². The number of aliphatic carboxylic acids is 1. The van der Waals surface area contributed by atoms with E-state index in [9.17, 15) is 4.79 Å². The highest BCUT2D eigenvalue weighted by molar-refractivity contribution is 9.10. The Hall–Kier alpha value is -0.650. The van der Waals surface area contributed by atoms with Crippen molar-refractivity contribution < 1.29 is 9.90 Å². The van der Waals surface area contributed by atoms with E-state index in [4.69, 9.17) is 22.4 Å². The number of hydrogen-bond acceptors (Lipinski definition) is 3. The first-order valence-corrected chi connectivity index (χ1v) is 4.50. The number of hydrogen-bond donors (Lipinski definition) is 2. The topological polar surface area (TPSA) is 76.2 Å². The summed E-state index contributed by atoms with van der Waals surface area (Å²) >= 11 is 8.79. The Balaban J connectivity index is 3.03. The summed E-state index contributed by atoms with van der Waals surface area (Å²) in [5, 5.41) is 8.78. The van der Waals surface area contributed by atoms with Gasteiger partial charge in [-0.1, -0.05) is 11.6 Å². The third-order valence-corrected chi connectivity index (χ3v) is 2.57. The van der Waals surface area contributed by atoms with Gasteiger partial charge in [0.25, 0.3) is 0 Å². The first-order chi connectivity index (χ1) is 6.02. The number of pyridine rings is 1. The lowest BCUT2D eigenvalue weighted by Crippen LogP contribution is -2.21. The second-order valence-electron chi connectivity index (χ2n) is 2.32. The molecule has 0 spiro atoms. The van der Waals surface area contributed by atoms with Crippen molar-refractivity contribution >= 4 is 33.5 Å². The Bertz CT molecular complexity index is 345. The highest BCUT2D eigenvalue weighted by Gasteiger charge is 2.16. The summed E-state index contributed by atoms with van der Waals surface area (Å²) in [6.45, 7) is 0. The number of carbonyl (C=O) groups is 1. The fourth-order valence-corrected chi connectivity index (χ4v) is 1.11. The van der Waals surface area contributed by atoms with Crippen LogP contribution in [0.4, 0.5) is 0 Å². The fraction of sp³-hybridized carbons (Fsp3) is 0.143. The van der Waals surface area contributed by atoms with Crippen LogP contribution in [0.1, 0.15) is 11.7 Å². The monoisotopic (exact) mass is 264 g/mol. The van der Waals surface area contributed by atoms with E-state index >= 15 is 0 Å². The van der Waals surface area contributed by atoms with E-state index in [2.05, 4.69) is 20.9 Å². The molecule has 1 aromatic heterocycles. The number of nitrogens with two attached hydrogens (primary N) is 1. The Morgan fingerprint density at radius 2 is 2.31 bits per heavy atom. The maximum Gasteiger partial charge on any atom is 0.326 e. The van der Waals surface area contributed by atoms with Gasteiger partial charge in [0, 0.05) is 0 Å². The molecular weight excluding hydrogens is 259 g/mol. The molecule has 1 rings (SSSR count). The second kappa shape index (κ2) is 4.04. The molecule has 0 saturated heterocycles. The van der Waals surface area contributed by atoms with Crippen LogP contribution in [0.5, 0.6) is 0 Å². The average molecular weight is 265 g/mol. The molecule has 3 N–H and O–H groups in total. The van der Waals surface area contributed by atoms with Crippen molar-refractivity contribution in [2.75, 3.05) is 0 Å². The minimum Gasteiger partial charge on any atom is -0.480 e. The van der Waals surface area contributed by atoms with Crippen LogP contribution in [0.3, 0.4) is 0 Å². The Kier molecular flexibility index (Phi) is 3.24. The number of halogens is 2. The normalized spacial score (nSPS) is 12.5. The number of carboxylic acid groups (broad SMARTS) is 1. The minimum atomic E-state index is -1.13. The number of nitrogens with zero attached hydrogens (tertiary/aromatic N) is 1. The molecule has 13 heavy (non-hydrogen) atoms. The summed E-state index contributed by atoms with van der Waals surface area (Å²) in [6.07, 6.45) is 0. The predicted molar refractivity (Wildman–Crippen MR) is 51.5 cm³/mol. The summed E-state index contributed by atoms with van der Waals surface area (Å²) < 4.78 is 0.607. The lowest BCUT2D eigenvalue weighted by molar-refractivity contribution is -0.138. The predicted octanol–water partition coefficient (Wildman–Crippen LogP) is 1.58. The van der Waals surface area contributed by atoms with Crippen molar-refractivity contribution in [3.8, 4) is 0 Å². The van der Waals surface area contributed by atoms with Crippen LogP contribution in [-0.4, -0.2) is 16.1 Å². The first kappa shape index (κ1) is 10.4. The van der Waals surface area contributed by atoms with Crippen LogP contribution in [-0.2, 0) is 4.79 Å². The highest BCUT2D eigenvalue weighted by Crippen LogP contribution is 2.21. The number of aromatic nitrogens is 1. The molecule has 1 unspecified atom stereocenters. The fourth-order valence-electron chi connectivity index (χ4n) is 0.731. The molecule has 1 aromatic rings. The smallest absolute Gasteiger partial charge is 0.326 e. The Morgan fingerprint density at radius 3 is 2.77 bits per heavy atom. The summed E-state index contributed by atoms with van der Waals surface area (Å²) in [7, 11) is 0. The molecule has 0 aliphatic heterocycles. The molecule has 70 valence electrons. The summed E-state index contributed by atoms with van der Waals surface area (Å²) in [5.41, 5.74) is 5.56. The maximum atomic E-state index is 10.5. The van der Waals surface area contributed by atoms with Crippen LogP contribution in [0.2, 0.25) is 5.15 Å². The van der Waals surface area contributed by atoms with E-state index in [0.717, 1.165) is 0 Å². The standard InChI is InChI=1S/C7H6BrClN2O2/c8-3-1-2-4(11-6(3)9)5(10)7(12)13/h1-2,5H,10H2,(H,12,13). The molecule has 1 atom stereocenters. The van der Waals surface area contributed by atoms with Gasteiger partial charge in [-0.3, -0.25) is 4.79 Å². The van der Waals surface area contributed by atoms with E-state index < -0.39 is 12.0 Å². The molecule has 0 radical (unpaired) electrons. The maximum absolute atomic E-state index is 10.5. The van der Waals surface area contributed by atoms with Crippen LogP contribution in [0.15, 0.2) is 16.6 Å². The molecule has 0 fully saturated rings. The van der Waals surface area contributed by atoms with Crippen molar-refractivity contribution in [2.24, 2.45) is 5.73 Å². The molecule has 0 saturated carbocycles. The summed E-state index contributed by atoms with van der Waals surface area (Å²) in [6, 6.07) is 1.98. The molecule has 6 heteroatoms. The molecule has 4 nitrogen and oxygen atoms in total. The van der Waals surface area contributed by atoms with Crippen molar-refractivity contribution in [3.05, 3.63) is 27.5 Å². The zero-order valence-electron chi connectivity index (χ0n) is 6.37. The zero-order valence-corrected chi connectivity index (χ0v) is 8.71. The van der Waals surface area contributed by atoms with Crippen LogP contribution < -0.4 is 5.73 Å². The van der Waals surface area contributed by atoms with Gasteiger partial charge >= 0.3 is 5.97 Å². The van der Waals surface area contributed by atoms with Gasteiger partial charge in [-0.25, -0.2) is 4.98 Å². The molecule has 0 aromatic carbocycles. The van der Waals surface area contributed by atoms with Gasteiger partial charge in [0.2, 0.25) is 0 Å². The van der Waals surface area contributed by atoms with E-state index in [0.29, 0.717) is 4.47 Å². The molecule has 0 bridgehead atoms. The van der Waals surface area contributed by atoms with E-state index in [1.807, 2.05) is 0 Å². The zero-order chi connectivity index (χ0) is 10.0. The van der Waals surface area contributed by atoms with Gasteiger partial charge in [-0.2, -0.15) is 0 Å².